The van der Waals surface area contributed by atoms with Crippen molar-refractivity contribution in [2.75, 3.05) is 32.6 Å². The minimum atomic E-state index is -4.47. The Kier molecular flexibility index (Phi) is 7.66. The van der Waals surface area contributed by atoms with Crippen molar-refractivity contribution in [2.24, 2.45) is 5.92 Å². The summed E-state index contributed by atoms with van der Waals surface area (Å²) in [5, 5.41) is 9.80. The Bertz CT molecular complexity index is 915. The van der Waals surface area contributed by atoms with E-state index in [4.69, 9.17) is 9.26 Å². The molecule has 0 spiro atoms. The van der Waals surface area contributed by atoms with Crippen LogP contribution in [0, 0.1) is 5.92 Å². The van der Waals surface area contributed by atoms with Gasteiger partial charge in [-0.3, -0.25) is 4.79 Å². The summed E-state index contributed by atoms with van der Waals surface area (Å²) in [6.07, 6.45) is -1.74. The largest absolute Gasteiger partial charge is 0.416 e. The molecule has 1 aliphatic carbocycles. The van der Waals surface area contributed by atoms with Gasteiger partial charge >= 0.3 is 6.18 Å². The Balaban J connectivity index is 1.61. The lowest BCUT2D eigenvalue weighted by Crippen LogP contribution is -2.51. The van der Waals surface area contributed by atoms with Gasteiger partial charge in [-0.15, -0.1) is 0 Å². The number of carbonyl (C=O) groups excluding carboxylic acids is 1. The fourth-order valence-electron chi connectivity index (χ4n) is 4.28. The molecule has 0 saturated heterocycles. The van der Waals surface area contributed by atoms with E-state index < -0.39 is 11.7 Å². The van der Waals surface area contributed by atoms with Crippen LogP contribution in [0.25, 0.3) is 11.0 Å². The Morgan fingerprint density at radius 2 is 2.09 bits per heavy atom. The van der Waals surface area contributed by atoms with Gasteiger partial charge in [-0.25, -0.2) is 0 Å². The molecular formula is C22H31F3N4O3. The monoisotopic (exact) mass is 456 g/mol. The van der Waals surface area contributed by atoms with E-state index in [1.54, 1.807) is 7.11 Å². The number of alkyl halides is 3. The van der Waals surface area contributed by atoms with E-state index in [2.05, 4.69) is 41.6 Å². The molecule has 1 heterocycles. The lowest BCUT2D eigenvalue weighted by Gasteiger charge is -2.41. The number of halogens is 3. The predicted molar refractivity (Wildman–Crippen MR) is 115 cm³/mol. The maximum atomic E-state index is 13.0. The SMILES string of the molecule is COC[C@H]1C[C@H](N(C)C(C)C)CC[C@@H]1NC(=O)CNc1noc2ccc(C(F)(F)F)cc12. The van der Waals surface area contributed by atoms with Crippen molar-refractivity contribution in [1.82, 2.24) is 15.4 Å². The Morgan fingerprint density at radius 1 is 1.34 bits per heavy atom. The first kappa shape index (κ1) is 24.3. The molecule has 1 aromatic heterocycles. The second-order valence-corrected chi connectivity index (χ2v) is 8.71. The van der Waals surface area contributed by atoms with Crippen LogP contribution in [0.4, 0.5) is 19.0 Å². The molecule has 1 aliphatic rings. The van der Waals surface area contributed by atoms with Gasteiger partial charge in [0.25, 0.3) is 0 Å². The summed E-state index contributed by atoms with van der Waals surface area (Å²) in [5.74, 6) is 0.0398. The van der Waals surface area contributed by atoms with Crippen molar-refractivity contribution in [2.45, 2.75) is 57.4 Å². The van der Waals surface area contributed by atoms with Crippen LogP contribution < -0.4 is 10.6 Å². The van der Waals surface area contributed by atoms with E-state index in [9.17, 15) is 18.0 Å². The van der Waals surface area contributed by atoms with Crippen LogP contribution in [0.2, 0.25) is 0 Å². The van der Waals surface area contributed by atoms with Crippen LogP contribution in [0.1, 0.15) is 38.7 Å². The third kappa shape index (κ3) is 5.72. The first-order valence-corrected chi connectivity index (χ1v) is 10.8. The molecule has 0 aliphatic heterocycles. The highest BCUT2D eigenvalue weighted by Crippen LogP contribution is 2.33. The Morgan fingerprint density at radius 3 is 2.75 bits per heavy atom. The maximum absolute atomic E-state index is 13.0. The van der Waals surface area contributed by atoms with E-state index in [-0.39, 0.29) is 41.2 Å². The van der Waals surface area contributed by atoms with E-state index in [0.29, 0.717) is 18.7 Å². The molecule has 3 atom stereocenters. The van der Waals surface area contributed by atoms with Gasteiger partial charge in [0.2, 0.25) is 5.91 Å². The summed E-state index contributed by atoms with van der Waals surface area (Å²) in [7, 11) is 3.77. The van der Waals surface area contributed by atoms with Gasteiger partial charge in [0, 0.05) is 31.2 Å². The first-order chi connectivity index (χ1) is 15.1. The molecule has 1 aromatic carbocycles. The summed E-state index contributed by atoms with van der Waals surface area (Å²) in [6.45, 7) is 4.75. The van der Waals surface area contributed by atoms with E-state index >= 15 is 0 Å². The maximum Gasteiger partial charge on any atom is 0.416 e. The normalized spacial score (nSPS) is 22.0. The predicted octanol–water partition coefficient (Wildman–Crippen LogP) is 3.90. The number of anilines is 1. The Hall–Kier alpha value is -2.33. The molecule has 2 aromatic rings. The number of rotatable bonds is 8. The highest BCUT2D eigenvalue weighted by Gasteiger charge is 2.34. The Labute approximate surface area is 185 Å². The first-order valence-electron chi connectivity index (χ1n) is 10.8. The molecule has 0 unspecified atom stereocenters. The number of nitrogens with one attached hydrogen (secondary N) is 2. The second kappa shape index (κ2) is 10.1. The highest BCUT2D eigenvalue weighted by molar-refractivity contribution is 5.90. The smallest absolute Gasteiger partial charge is 0.384 e. The van der Waals surface area contributed by atoms with Crippen molar-refractivity contribution in [3.63, 3.8) is 0 Å². The highest BCUT2D eigenvalue weighted by atomic mass is 19.4. The zero-order valence-corrected chi connectivity index (χ0v) is 18.8. The lowest BCUT2D eigenvalue weighted by molar-refractivity contribution is -0.137. The van der Waals surface area contributed by atoms with Crippen LogP contribution in [0.15, 0.2) is 22.7 Å². The molecule has 178 valence electrons. The third-order valence-electron chi connectivity index (χ3n) is 6.29. The minimum absolute atomic E-state index is 0.0213. The fraction of sp³-hybridized carbons (Fsp3) is 0.636. The topological polar surface area (TPSA) is 79.6 Å². The standard InChI is InChI=1S/C22H31F3N4O3/c1-13(2)29(3)16-6-7-18(14(9-16)12-31-4)27-20(30)11-26-21-17-10-15(22(23,24)25)5-8-19(17)32-28-21/h5,8,10,13-14,16,18H,6-7,9,11-12H2,1-4H3,(H,26,28)(H,27,30)/t14-,16-,18+/m1/s1. The summed E-state index contributed by atoms with van der Waals surface area (Å²) in [5.41, 5.74) is -0.583. The molecular weight excluding hydrogens is 425 g/mol. The number of ether oxygens (including phenoxy) is 1. The number of hydrogen-bond donors (Lipinski definition) is 2. The van der Waals surface area contributed by atoms with Gasteiger partial charge in [0.15, 0.2) is 11.4 Å². The van der Waals surface area contributed by atoms with Crippen LogP contribution >= 0.6 is 0 Å². The minimum Gasteiger partial charge on any atom is -0.384 e. The van der Waals surface area contributed by atoms with Crippen molar-refractivity contribution in [3.8, 4) is 0 Å². The molecule has 1 amide bonds. The number of benzene rings is 1. The van der Waals surface area contributed by atoms with Crippen molar-refractivity contribution >= 4 is 22.7 Å². The molecule has 7 nitrogen and oxygen atoms in total. The van der Waals surface area contributed by atoms with Gasteiger partial charge in [-0.2, -0.15) is 13.2 Å². The number of nitrogens with zero attached hydrogens (tertiary/aromatic N) is 2. The van der Waals surface area contributed by atoms with Crippen molar-refractivity contribution in [3.05, 3.63) is 23.8 Å². The van der Waals surface area contributed by atoms with Gasteiger partial charge in [0.05, 0.1) is 24.1 Å². The van der Waals surface area contributed by atoms with Crippen molar-refractivity contribution in [1.29, 1.82) is 0 Å². The zero-order valence-electron chi connectivity index (χ0n) is 18.8. The average Bonchev–Trinajstić information content (AvgIpc) is 3.14. The number of amides is 1. The number of methoxy groups -OCH3 is 1. The number of carbonyl (C=O) groups is 1. The fourth-order valence-corrected chi connectivity index (χ4v) is 4.28. The molecule has 0 radical (unpaired) electrons. The summed E-state index contributed by atoms with van der Waals surface area (Å²) < 4.78 is 49.5. The van der Waals surface area contributed by atoms with Crippen LogP contribution in [0.3, 0.4) is 0 Å². The molecule has 3 rings (SSSR count). The lowest BCUT2D eigenvalue weighted by atomic mass is 9.81. The van der Waals surface area contributed by atoms with Gasteiger partial charge in [-0.05, 0) is 58.4 Å². The summed E-state index contributed by atoms with van der Waals surface area (Å²) in [4.78, 5) is 14.9. The number of fused-ring (bicyclic) bond motifs is 1. The quantitative estimate of drug-likeness (QED) is 0.627. The third-order valence-corrected chi connectivity index (χ3v) is 6.29. The zero-order chi connectivity index (χ0) is 23.5. The molecule has 2 N–H and O–H groups in total. The number of aromatic nitrogens is 1. The summed E-state index contributed by atoms with van der Waals surface area (Å²) in [6, 6.07) is 3.98. The van der Waals surface area contributed by atoms with Gasteiger partial charge < -0.3 is 24.8 Å². The van der Waals surface area contributed by atoms with Crippen LogP contribution in [-0.4, -0.2) is 61.4 Å². The number of hydrogen-bond acceptors (Lipinski definition) is 6. The van der Waals surface area contributed by atoms with Crippen LogP contribution in [0.5, 0.6) is 0 Å². The summed E-state index contributed by atoms with van der Waals surface area (Å²) >= 11 is 0. The molecule has 32 heavy (non-hydrogen) atoms. The van der Waals surface area contributed by atoms with Crippen LogP contribution in [-0.2, 0) is 15.7 Å². The second-order valence-electron chi connectivity index (χ2n) is 8.71. The molecule has 1 fully saturated rings. The molecule has 1 saturated carbocycles. The van der Waals surface area contributed by atoms with E-state index in [0.717, 1.165) is 31.4 Å². The van der Waals surface area contributed by atoms with Gasteiger partial charge in [-0.1, -0.05) is 5.16 Å². The molecule has 0 bridgehead atoms. The average molecular weight is 457 g/mol. The van der Waals surface area contributed by atoms with Crippen molar-refractivity contribution < 1.29 is 27.2 Å². The van der Waals surface area contributed by atoms with E-state index in [1.165, 1.54) is 6.07 Å². The molecule has 10 heteroatoms. The van der Waals surface area contributed by atoms with Gasteiger partial charge in [0.1, 0.15) is 0 Å². The van der Waals surface area contributed by atoms with E-state index in [1.807, 2.05) is 0 Å².